The number of halogens is 1. The molecule has 2 aromatic carbocycles. The minimum absolute atomic E-state index is 0.0998. The third-order valence-electron chi connectivity index (χ3n) is 4.23. The smallest absolute Gasteiger partial charge is 0.271 e. The highest BCUT2D eigenvalue weighted by Gasteiger charge is 2.28. The first-order valence-electron chi connectivity index (χ1n) is 7.84. The van der Waals surface area contributed by atoms with Crippen molar-refractivity contribution in [3.8, 4) is 0 Å². The molecule has 2 aromatic rings. The van der Waals surface area contributed by atoms with Crippen molar-refractivity contribution in [1.29, 1.82) is 0 Å². The summed E-state index contributed by atoms with van der Waals surface area (Å²) in [6.07, 6.45) is 0.385. The van der Waals surface area contributed by atoms with Gasteiger partial charge in [-0.25, -0.2) is 8.42 Å². The number of amides is 1. The molecule has 0 saturated heterocycles. The summed E-state index contributed by atoms with van der Waals surface area (Å²) in [7, 11) is -3.62. The van der Waals surface area contributed by atoms with E-state index in [1.54, 1.807) is 6.07 Å². The van der Waals surface area contributed by atoms with Crippen LogP contribution >= 0.6 is 11.6 Å². The maximum Gasteiger partial charge on any atom is 0.271 e. The van der Waals surface area contributed by atoms with Crippen molar-refractivity contribution in [3.05, 3.63) is 63.2 Å². The summed E-state index contributed by atoms with van der Waals surface area (Å²) in [5, 5.41) is 11.4. The Kier molecular flexibility index (Phi) is 4.97. The second kappa shape index (κ2) is 7.05. The second-order valence-corrected chi connectivity index (χ2v) is 8.43. The quantitative estimate of drug-likeness (QED) is 0.573. The fourth-order valence-corrected chi connectivity index (χ4v) is 4.21. The van der Waals surface area contributed by atoms with Crippen molar-refractivity contribution in [1.82, 2.24) is 0 Å². The minimum atomic E-state index is -3.62. The van der Waals surface area contributed by atoms with E-state index in [9.17, 15) is 23.3 Å². The largest absolute Gasteiger partial charge is 0.312 e. The normalized spacial score (nSPS) is 13.5. The molecule has 0 aromatic heterocycles. The Balaban J connectivity index is 1.73. The Morgan fingerprint density at radius 1 is 1.19 bits per heavy atom. The lowest BCUT2D eigenvalue weighted by Crippen LogP contribution is -2.30. The van der Waals surface area contributed by atoms with E-state index in [0.29, 0.717) is 23.7 Å². The molecule has 0 aliphatic carbocycles. The molecule has 136 valence electrons. The van der Waals surface area contributed by atoms with Crippen LogP contribution in [-0.4, -0.2) is 31.5 Å². The van der Waals surface area contributed by atoms with Gasteiger partial charge in [0, 0.05) is 30.1 Å². The van der Waals surface area contributed by atoms with Gasteiger partial charge in [0.2, 0.25) is 5.91 Å². The zero-order valence-corrected chi connectivity index (χ0v) is 15.2. The third-order valence-corrected chi connectivity index (χ3v) is 6.22. The molecule has 1 heterocycles. The number of anilines is 1. The lowest BCUT2D eigenvalue weighted by atomic mass is 10.1. The highest BCUT2D eigenvalue weighted by Crippen LogP contribution is 2.32. The molecule has 0 bridgehead atoms. The van der Waals surface area contributed by atoms with E-state index in [-0.39, 0.29) is 28.7 Å². The van der Waals surface area contributed by atoms with Crippen LogP contribution in [0.4, 0.5) is 11.4 Å². The lowest BCUT2D eigenvalue weighted by molar-refractivity contribution is -0.384. The van der Waals surface area contributed by atoms with E-state index in [4.69, 9.17) is 11.6 Å². The van der Waals surface area contributed by atoms with Crippen molar-refractivity contribution in [2.45, 2.75) is 17.7 Å². The molecule has 1 aliphatic rings. The second-order valence-electron chi connectivity index (χ2n) is 5.89. The van der Waals surface area contributed by atoms with Gasteiger partial charge < -0.3 is 4.90 Å². The number of nitro benzene ring substituents is 1. The number of carbonyl (C=O) groups is 1. The average Bonchev–Trinajstić information content (AvgIpc) is 3.03. The number of non-ortho nitro benzene ring substituents is 1. The zero-order chi connectivity index (χ0) is 18.9. The lowest BCUT2D eigenvalue weighted by Gasteiger charge is -2.17. The van der Waals surface area contributed by atoms with Crippen molar-refractivity contribution >= 4 is 38.7 Å². The number of carbonyl (C=O) groups excluding carboxylic acids is 1. The van der Waals surface area contributed by atoms with Crippen LogP contribution in [0.25, 0.3) is 0 Å². The SMILES string of the molecule is O=C(CCS(=O)(=O)c1ccc(Cl)cc1)N1CCc2ccc([N+](=O)[O-])cc21. The van der Waals surface area contributed by atoms with Crippen molar-refractivity contribution in [3.63, 3.8) is 0 Å². The molecular weight excluding hydrogens is 380 g/mol. The van der Waals surface area contributed by atoms with Gasteiger partial charge in [-0.2, -0.15) is 0 Å². The number of sulfone groups is 1. The summed E-state index contributed by atoms with van der Waals surface area (Å²) < 4.78 is 24.7. The molecule has 0 saturated carbocycles. The number of benzene rings is 2. The predicted octanol–water partition coefficient (Wildman–Crippen LogP) is 3.00. The van der Waals surface area contributed by atoms with Gasteiger partial charge in [0.1, 0.15) is 0 Å². The van der Waals surface area contributed by atoms with Crippen LogP contribution in [0.15, 0.2) is 47.4 Å². The molecule has 1 amide bonds. The first kappa shape index (κ1) is 18.3. The van der Waals surface area contributed by atoms with Crippen LogP contribution in [0.5, 0.6) is 0 Å². The molecule has 0 radical (unpaired) electrons. The van der Waals surface area contributed by atoms with E-state index in [1.807, 2.05) is 0 Å². The van der Waals surface area contributed by atoms with Gasteiger partial charge in [-0.1, -0.05) is 17.7 Å². The summed E-state index contributed by atoms with van der Waals surface area (Å²) in [4.78, 5) is 24.4. The number of hydrogen-bond acceptors (Lipinski definition) is 5. The molecule has 9 heteroatoms. The molecule has 3 rings (SSSR count). The molecule has 0 fully saturated rings. The molecule has 0 spiro atoms. The van der Waals surface area contributed by atoms with Crippen molar-refractivity contribution in [2.75, 3.05) is 17.2 Å². The number of hydrogen-bond donors (Lipinski definition) is 0. The first-order valence-corrected chi connectivity index (χ1v) is 9.87. The monoisotopic (exact) mass is 394 g/mol. The molecule has 26 heavy (non-hydrogen) atoms. The van der Waals surface area contributed by atoms with Crippen LogP contribution in [0.1, 0.15) is 12.0 Å². The highest BCUT2D eigenvalue weighted by molar-refractivity contribution is 7.91. The molecule has 0 N–H and O–H groups in total. The van der Waals surface area contributed by atoms with Gasteiger partial charge >= 0.3 is 0 Å². The fourth-order valence-electron chi connectivity index (χ4n) is 2.86. The fraction of sp³-hybridized carbons (Fsp3) is 0.235. The van der Waals surface area contributed by atoms with Crippen LogP contribution in [0, 0.1) is 10.1 Å². The number of nitro groups is 1. The van der Waals surface area contributed by atoms with Gasteiger partial charge in [0.15, 0.2) is 9.84 Å². The number of fused-ring (bicyclic) bond motifs is 1. The zero-order valence-electron chi connectivity index (χ0n) is 13.6. The van der Waals surface area contributed by atoms with Gasteiger partial charge in [-0.3, -0.25) is 14.9 Å². The molecule has 7 nitrogen and oxygen atoms in total. The number of nitrogens with zero attached hydrogens (tertiary/aromatic N) is 2. The van der Waals surface area contributed by atoms with Crippen molar-refractivity contribution in [2.24, 2.45) is 0 Å². The van der Waals surface area contributed by atoms with E-state index >= 15 is 0 Å². The van der Waals surface area contributed by atoms with Crippen molar-refractivity contribution < 1.29 is 18.1 Å². The minimum Gasteiger partial charge on any atom is -0.312 e. The van der Waals surface area contributed by atoms with Crippen LogP contribution in [0.3, 0.4) is 0 Å². The summed E-state index contributed by atoms with van der Waals surface area (Å²) in [6, 6.07) is 10.1. The Hall–Kier alpha value is -2.45. The summed E-state index contributed by atoms with van der Waals surface area (Å²) >= 11 is 5.75. The van der Waals surface area contributed by atoms with Crippen LogP contribution in [-0.2, 0) is 21.1 Å². The van der Waals surface area contributed by atoms with Gasteiger partial charge in [0.25, 0.3) is 5.69 Å². The maximum absolute atomic E-state index is 12.5. The topological polar surface area (TPSA) is 97.6 Å². The van der Waals surface area contributed by atoms with Crippen LogP contribution < -0.4 is 4.90 Å². The van der Waals surface area contributed by atoms with E-state index in [0.717, 1.165) is 5.56 Å². The summed E-state index contributed by atoms with van der Waals surface area (Å²) in [5.74, 6) is -0.712. The Morgan fingerprint density at radius 2 is 1.88 bits per heavy atom. The Morgan fingerprint density at radius 3 is 2.54 bits per heavy atom. The van der Waals surface area contributed by atoms with E-state index in [2.05, 4.69) is 0 Å². The standard InChI is InChI=1S/C17H15ClN2O5S/c18-13-2-5-15(6-3-13)26(24,25)10-8-17(21)19-9-7-12-1-4-14(20(22)23)11-16(12)19/h1-6,11H,7-10H2. The van der Waals surface area contributed by atoms with Gasteiger partial charge in [-0.15, -0.1) is 0 Å². The summed E-state index contributed by atoms with van der Waals surface area (Å²) in [6.45, 7) is 0.385. The van der Waals surface area contributed by atoms with Gasteiger partial charge in [-0.05, 0) is 36.2 Å². The Bertz CT molecular complexity index is 973. The third kappa shape index (κ3) is 3.71. The van der Waals surface area contributed by atoms with Crippen LogP contribution in [0.2, 0.25) is 5.02 Å². The van der Waals surface area contributed by atoms with Gasteiger partial charge in [0.05, 0.1) is 21.3 Å². The van der Waals surface area contributed by atoms with E-state index in [1.165, 1.54) is 41.3 Å². The van der Waals surface area contributed by atoms with E-state index < -0.39 is 14.8 Å². The predicted molar refractivity (Wildman–Crippen MR) is 97.3 cm³/mol. The highest BCUT2D eigenvalue weighted by atomic mass is 35.5. The summed E-state index contributed by atoms with van der Waals surface area (Å²) in [5.41, 5.74) is 1.22. The average molecular weight is 395 g/mol. The maximum atomic E-state index is 12.5. The molecular formula is C17H15ClN2O5S. The number of rotatable bonds is 5. The molecule has 1 aliphatic heterocycles. The Labute approximate surface area is 155 Å². The first-order chi connectivity index (χ1) is 12.3. The molecule has 0 atom stereocenters. The molecule has 0 unspecified atom stereocenters.